The normalized spacial score (nSPS) is 11.3. The van der Waals surface area contributed by atoms with Crippen LogP contribution in [0.5, 0.6) is 0 Å². The summed E-state index contributed by atoms with van der Waals surface area (Å²) in [4.78, 5) is 19.6. The lowest BCUT2D eigenvalue weighted by molar-refractivity contribution is 0.528. The smallest absolute Gasteiger partial charge is 0.263 e. The van der Waals surface area contributed by atoms with Crippen molar-refractivity contribution in [2.24, 2.45) is 0 Å². The number of fused-ring (bicyclic) bond motifs is 1. The van der Waals surface area contributed by atoms with Crippen molar-refractivity contribution in [3.05, 3.63) is 68.6 Å². The van der Waals surface area contributed by atoms with Crippen molar-refractivity contribution in [1.82, 2.24) is 19.7 Å². The van der Waals surface area contributed by atoms with E-state index in [1.807, 2.05) is 26.0 Å². The number of halogens is 1. The Balaban J connectivity index is 1.63. The van der Waals surface area contributed by atoms with Crippen LogP contribution < -0.4 is 5.56 Å². The molecule has 3 aromatic heterocycles. The summed E-state index contributed by atoms with van der Waals surface area (Å²) in [6, 6.07) is 7.19. The maximum Gasteiger partial charge on any atom is 0.263 e. The number of aromatic nitrogens is 4. The lowest BCUT2D eigenvalue weighted by Gasteiger charge is -2.09. The fourth-order valence-electron chi connectivity index (χ4n) is 2.86. The molecule has 148 valence electrons. The first kappa shape index (κ1) is 19.9. The molecular formula is C20H17ClN4O2S2. The van der Waals surface area contributed by atoms with E-state index in [1.54, 1.807) is 22.8 Å². The summed E-state index contributed by atoms with van der Waals surface area (Å²) < 4.78 is 7.39. The standard InChI is InChI=1S/C20H17ClN4O2S2/c1-4-9-25-19(26)16-11(2)12(3)29-18(16)22-20(25)28-10-15-23-24-17(27-15)13-5-7-14(21)8-6-13/h4-8H,1,9-10H2,2-3H3. The zero-order chi connectivity index (χ0) is 20.5. The molecule has 0 bridgehead atoms. The highest BCUT2D eigenvalue weighted by Gasteiger charge is 2.17. The molecule has 0 aliphatic carbocycles. The van der Waals surface area contributed by atoms with Crippen LogP contribution in [0.15, 0.2) is 51.3 Å². The first-order valence-electron chi connectivity index (χ1n) is 8.80. The quantitative estimate of drug-likeness (QED) is 0.229. The van der Waals surface area contributed by atoms with Crippen LogP contribution >= 0.6 is 34.7 Å². The van der Waals surface area contributed by atoms with Crippen molar-refractivity contribution in [2.75, 3.05) is 0 Å². The van der Waals surface area contributed by atoms with Crippen molar-refractivity contribution in [3.8, 4) is 11.5 Å². The van der Waals surface area contributed by atoms with Crippen molar-refractivity contribution in [2.45, 2.75) is 31.3 Å². The molecule has 3 heterocycles. The van der Waals surface area contributed by atoms with E-state index in [1.165, 1.54) is 23.1 Å². The predicted octanol–water partition coefficient (Wildman–Crippen LogP) is 5.26. The molecule has 0 atom stereocenters. The van der Waals surface area contributed by atoms with Crippen LogP contribution in [0.25, 0.3) is 21.7 Å². The van der Waals surface area contributed by atoms with Gasteiger partial charge in [-0.1, -0.05) is 29.4 Å². The van der Waals surface area contributed by atoms with Gasteiger partial charge in [-0.05, 0) is 43.7 Å². The average molecular weight is 445 g/mol. The summed E-state index contributed by atoms with van der Waals surface area (Å²) in [5, 5.41) is 10.1. The average Bonchev–Trinajstić information content (AvgIpc) is 3.28. The molecule has 0 saturated heterocycles. The van der Waals surface area contributed by atoms with Gasteiger partial charge in [0.15, 0.2) is 5.16 Å². The largest absolute Gasteiger partial charge is 0.420 e. The molecule has 0 fully saturated rings. The highest BCUT2D eigenvalue weighted by molar-refractivity contribution is 7.98. The Morgan fingerprint density at radius 1 is 1.28 bits per heavy atom. The SMILES string of the molecule is C=CCn1c(SCc2nnc(-c3ccc(Cl)cc3)o2)nc2sc(C)c(C)c2c1=O. The minimum Gasteiger partial charge on any atom is -0.420 e. The lowest BCUT2D eigenvalue weighted by Crippen LogP contribution is -2.22. The zero-order valence-corrected chi connectivity index (χ0v) is 18.2. The van der Waals surface area contributed by atoms with Gasteiger partial charge >= 0.3 is 0 Å². The number of allylic oxidation sites excluding steroid dienone is 1. The van der Waals surface area contributed by atoms with Crippen LogP contribution in [0.2, 0.25) is 5.02 Å². The van der Waals surface area contributed by atoms with Crippen molar-refractivity contribution < 1.29 is 4.42 Å². The fourth-order valence-corrected chi connectivity index (χ4v) is 4.90. The van der Waals surface area contributed by atoms with Crippen LogP contribution in [0.1, 0.15) is 16.3 Å². The van der Waals surface area contributed by atoms with Gasteiger partial charge in [0.25, 0.3) is 5.56 Å². The number of thioether (sulfide) groups is 1. The number of benzene rings is 1. The van der Waals surface area contributed by atoms with Crippen LogP contribution in [-0.4, -0.2) is 19.7 Å². The van der Waals surface area contributed by atoms with Gasteiger partial charge in [0, 0.05) is 22.0 Å². The Kier molecular flexibility index (Phi) is 5.58. The second-order valence-electron chi connectivity index (χ2n) is 6.36. The molecule has 0 N–H and O–H groups in total. The molecule has 0 amide bonds. The van der Waals surface area contributed by atoms with E-state index in [2.05, 4.69) is 16.8 Å². The van der Waals surface area contributed by atoms with Gasteiger partial charge in [-0.2, -0.15) is 0 Å². The molecule has 4 aromatic rings. The number of thiophene rings is 1. The Labute approximate surface area is 180 Å². The zero-order valence-electron chi connectivity index (χ0n) is 15.8. The van der Waals surface area contributed by atoms with Gasteiger partial charge in [0.2, 0.25) is 11.8 Å². The van der Waals surface area contributed by atoms with Crippen molar-refractivity contribution in [1.29, 1.82) is 0 Å². The molecule has 0 spiro atoms. The van der Waals surface area contributed by atoms with E-state index in [4.69, 9.17) is 21.0 Å². The molecule has 0 aliphatic rings. The van der Waals surface area contributed by atoms with E-state index in [9.17, 15) is 4.79 Å². The van der Waals surface area contributed by atoms with E-state index < -0.39 is 0 Å². The molecule has 4 rings (SSSR count). The monoisotopic (exact) mass is 444 g/mol. The van der Waals surface area contributed by atoms with Gasteiger partial charge < -0.3 is 4.42 Å². The van der Waals surface area contributed by atoms with E-state index >= 15 is 0 Å². The molecule has 0 radical (unpaired) electrons. The third kappa shape index (κ3) is 3.88. The number of hydrogen-bond acceptors (Lipinski definition) is 7. The molecule has 6 nitrogen and oxygen atoms in total. The molecule has 0 saturated carbocycles. The van der Waals surface area contributed by atoms with Crippen molar-refractivity contribution >= 4 is 44.9 Å². The topological polar surface area (TPSA) is 73.8 Å². The van der Waals surface area contributed by atoms with Gasteiger partial charge in [0.1, 0.15) is 4.83 Å². The van der Waals surface area contributed by atoms with Crippen LogP contribution in [0, 0.1) is 13.8 Å². The molecule has 0 unspecified atom stereocenters. The number of rotatable bonds is 6. The van der Waals surface area contributed by atoms with E-state index in [0.29, 0.717) is 39.6 Å². The van der Waals surface area contributed by atoms with E-state index in [0.717, 1.165) is 20.8 Å². The molecule has 9 heteroatoms. The Hall–Kier alpha value is -2.42. The highest BCUT2D eigenvalue weighted by atomic mass is 35.5. The lowest BCUT2D eigenvalue weighted by atomic mass is 10.2. The predicted molar refractivity (Wildman–Crippen MR) is 118 cm³/mol. The van der Waals surface area contributed by atoms with Gasteiger partial charge in [0.05, 0.1) is 11.1 Å². The second kappa shape index (κ2) is 8.14. The summed E-state index contributed by atoms with van der Waals surface area (Å²) in [7, 11) is 0. The molecule has 0 aliphatic heterocycles. The van der Waals surface area contributed by atoms with Crippen LogP contribution in [-0.2, 0) is 12.3 Å². The fraction of sp³-hybridized carbons (Fsp3) is 0.200. The minimum absolute atomic E-state index is 0.0494. The summed E-state index contributed by atoms with van der Waals surface area (Å²) in [5.41, 5.74) is 1.73. The summed E-state index contributed by atoms with van der Waals surface area (Å²) in [5.74, 6) is 1.28. The molecular weight excluding hydrogens is 428 g/mol. The first-order valence-corrected chi connectivity index (χ1v) is 11.0. The highest BCUT2D eigenvalue weighted by Crippen LogP contribution is 2.30. The van der Waals surface area contributed by atoms with Gasteiger partial charge in [-0.15, -0.1) is 28.1 Å². The molecule has 29 heavy (non-hydrogen) atoms. The maximum absolute atomic E-state index is 13.0. The van der Waals surface area contributed by atoms with Gasteiger partial charge in [-0.3, -0.25) is 9.36 Å². The third-order valence-electron chi connectivity index (χ3n) is 4.45. The number of nitrogens with zero attached hydrogens (tertiary/aromatic N) is 4. The summed E-state index contributed by atoms with van der Waals surface area (Å²) >= 11 is 8.84. The minimum atomic E-state index is -0.0494. The Morgan fingerprint density at radius 3 is 2.76 bits per heavy atom. The number of hydrogen-bond donors (Lipinski definition) is 0. The van der Waals surface area contributed by atoms with E-state index in [-0.39, 0.29) is 5.56 Å². The van der Waals surface area contributed by atoms with Crippen LogP contribution in [0.3, 0.4) is 0 Å². The Bertz CT molecular complexity index is 1260. The summed E-state index contributed by atoms with van der Waals surface area (Å²) in [6.45, 7) is 8.11. The van der Waals surface area contributed by atoms with Crippen molar-refractivity contribution in [3.63, 3.8) is 0 Å². The second-order valence-corrected chi connectivity index (χ2v) is 8.94. The Morgan fingerprint density at radius 2 is 2.03 bits per heavy atom. The summed E-state index contributed by atoms with van der Waals surface area (Å²) in [6.07, 6.45) is 1.69. The number of aryl methyl sites for hydroxylation is 2. The van der Waals surface area contributed by atoms with Crippen LogP contribution in [0.4, 0.5) is 0 Å². The maximum atomic E-state index is 13.0. The first-order chi connectivity index (χ1) is 14.0. The molecule has 1 aromatic carbocycles. The third-order valence-corrected chi connectivity index (χ3v) is 6.76. The van der Waals surface area contributed by atoms with Gasteiger partial charge in [-0.25, -0.2) is 4.98 Å².